The molecule has 25 heavy (non-hydrogen) atoms. The molecule has 1 aromatic carbocycles. The number of rotatable bonds is 11. The second-order valence-corrected chi connectivity index (χ2v) is 6.67. The summed E-state index contributed by atoms with van der Waals surface area (Å²) < 4.78 is 0.816. The number of unbranched alkanes of at least 4 members (excludes halogenated alkanes) is 2. The molecule has 0 fully saturated rings. The van der Waals surface area contributed by atoms with Gasteiger partial charge in [-0.15, -0.1) is 0 Å². The predicted molar refractivity (Wildman–Crippen MR) is 99.2 cm³/mol. The van der Waals surface area contributed by atoms with Crippen molar-refractivity contribution >= 4 is 33.7 Å². The molecule has 3 N–H and O–H groups in total. The van der Waals surface area contributed by atoms with E-state index in [4.69, 9.17) is 5.11 Å². The number of carboxylic acids is 1. The maximum Gasteiger partial charge on any atom is 0.303 e. The van der Waals surface area contributed by atoms with Crippen LogP contribution in [0.25, 0.3) is 0 Å². The fraction of sp³-hybridized carbons (Fsp3) is 0.500. The first-order valence-corrected chi connectivity index (χ1v) is 9.25. The van der Waals surface area contributed by atoms with Crippen molar-refractivity contribution in [1.82, 2.24) is 10.6 Å². The lowest BCUT2D eigenvalue weighted by molar-refractivity contribution is -0.138. The summed E-state index contributed by atoms with van der Waals surface area (Å²) in [5.74, 6) is -1.65. The molecular weight excluding hydrogens is 388 g/mol. The van der Waals surface area contributed by atoms with Gasteiger partial charge in [0.1, 0.15) is 6.04 Å². The highest BCUT2D eigenvalue weighted by Gasteiger charge is 2.21. The lowest BCUT2D eigenvalue weighted by Gasteiger charge is -2.18. The number of benzene rings is 1. The zero-order chi connectivity index (χ0) is 18.7. The molecule has 1 aromatic rings. The fourth-order valence-corrected chi connectivity index (χ4v) is 2.73. The van der Waals surface area contributed by atoms with Crippen LogP contribution < -0.4 is 10.6 Å². The minimum Gasteiger partial charge on any atom is -0.481 e. The highest BCUT2D eigenvalue weighted by molar-refractivity contribution is 9.10. The molecule has 1 atom stereocenters. The van der Waals surface area contributed by atoms with Gasteiger partial charge in [0.2, 0.25) is 11.8 Å². The van der Waals surface area contributed by atoms with Crippen molar-refractivity contribution in [2.75, 3.05) is 6.54 Å². The molecule has 0 aliphatic carbocycles. The summed E-state index contributed by atoms with van der Waals surface area (Å²) in [7, 11) is 0. The maximum atomic E-state index is 12.2. The van der Waals surface area contributed by atoms with Gasteiger partial charge in [-0.25, -0.2) is 0 Å². The van der Waals surface area contributed by atoms with Crippen LogP contribution in [0.15, 0.2) is 28.7 Å². The molecule has 0 aliphatic rings. The quantitative estimate of drug-likeness (QED) is 0.486. The molecule has 7 heteroatoms. The Kier molecular flexibility index (Phi) is 9.84. The number of hydrogen-bond acceptors (Lipinski definition) is 3. The average Bonchev–Trinajstić information content (AvgIpc) is 2.57. The zero-order valence-electron chi connectivity index (χ0n) is 14.4. The smallest absolute Gasteiger partial charge is 0.303 e. The first kappa shape index (κ1) is 21.2. The van der Waals surface area contributed by atoms with Crippen LogP contribution in [0.4, 0.5) is 0 Å². The molecule has 0 saturated carbocycles. The van der Waals surface area contributed by atoms with Gasteiger partial charge in [-0.05, 0) is 24.5 Å². The van der Waals surface area contributed by atoms with Crippen molar-refractivity contribution in [3.63, 3.8) is 0 Å². The van der Waals surface area contributed by atoms with Crippen LogP contribution >= 0.6 is 15.9 Å². The van der Waals surface area contributed by atoms with Gasteiger partial charge in [-0.1, -0.05) is 53.9 Å². The largest absolute Gasteiger partial charge is 0.481 e. The van der Waals surface area contributed by atoms with Gasteiger partial charge >= 0.3 is 5.97 Å². The van der Waals surface area contributed by atoms with Crippen molar-refractivity contribution in [2.45, 2.75) is 51.5 Å². The molecule has 0 heterocycles. The predicted octanol–water partition coefficient (Wildman–Crippen LogP) is 2.65. The van der Waals surface area contributed by atoms with Crippen molar-refractivity contribution in [2.24, 2.45) is 0 Å². The first-order valence-electron chi connectivity index (χ1n) is 8.46. The van der Waals surface area contributed by atoms with E-state index in [1.807, 2.05) is 24.3 Å². The summed E-state index contributed by atoms with van der Waals surface area (Å²) in [6.45, 7) is 2.59. The zero-order valence-corrected chi connectivity index (χ0v) is 16.0. The van der Waals surface area contributed by atoms with E-state index in [9.17, 15) is 14.4 Å². The molecule has 0 unspecified atom stereocenters. The standard InChI is InChI=1S/C18H25BrN2O4/c1-2-3-6-11-20-18(25)15(9-10-17(23)24)21-16(22)12-13-7-4-5-8-14(13)19/h4-5,7-8,15H,2-3,6,9-12H2,1H3,(H,20,25)(H,21,22)(H,23,24)/t15-/m0/s1. The van der Waals surface area contributed by atoms with E-state index in [1.165, 1.54) is 0 Å². The number of nitrogens with one attached hydrogen (secondary N) is 2. The fourth-order valence-electron chi connectivity index (χ4n) is 2.31. The van der Waals surface area contributed by atoms with E-state index in [0.29, 0.717) is 6.54 Å². The molecule has 1 rings (SSSR count). The van der Waals surface area contributed by atoms with E-state index < -0.39 is 12.0 Å². The summed E-state index contributed by atoms with van der Waals surface area (Å²) in [4.78, 5) is 35.3. The Morgan fingerprint density at radius 1 is 1.20 bits per heavy atom. The van der Waals surface area contributed by atoms with Crippen LogP contribution in [-0.4, -0.2) is 35.5 Å². The monoisotopic (exact) mass is 412 g/mol. The number of amides is 2. The Hall–Kier alpha value is -1.89. The van der Waals surface area contributed by atoms with Crippen molar-refractivity contribution in [1.29, 1.82) is 0 Å². The SMILES string of the molecule is CCCCCNC(=O)[C@H](CCC(=O)O)NC(=O)Cc1ccccc1Br. The summed E-state index contributed by atoms with van der Waals surface area (Å²) in [5.41, 5.74) is 0.806. The Balaban J connectivity index is 2.61. The van der Waals surface area contributed by atoms with Crippen LogP contribution in [0, 0.1) is 0 Å². The van der Waals surface area contributed by atoms with E-state index in [1.54, 1.807) is 0 Å². The van der Waals surface area contributed by atoms with Gasteiger partial charge in [0.25, 0.3) is 0 Å². The van der Waals surface area contributed by atoms with Gasteiger partial charge in [-0.3, -0.25) is 14.4 Å². The number of carboxylic acid groups (broad SMARTS) is 1. The van der Waals surface area contributed by atoms with Gasteiger partial charge < -0.3 is 15.7 Å². The van der Waals surface area contributed by atoms with Crippen molar-refractivity contribution < 1.29 is 19.5 Å². The first-order chi connectivity index (χ1) is 11.9. The lowest BCUT2D eigenvalue weighted by Crippen LogP contribution is -2.47. The number of halogens is 1. The summed E-state index contributed by atoms with van der Waals surface area (Å²) in [5, 5.41) is 14.3. The minimum absolute atomic E-state index is 0.0661. The van der Waals surface area contributed by atoms with Crippen LogP contribution in [-0.2, 0) is 20.8 Å². The minimum atomic E-state index is -0.996. The second kappa shape index (κ2) is 11.6. The van der Waals surface area contributed by atoms with Crippen LogP contribution in [0.5, 0.6) is 0 Å². The lowest BCUT2D eigenvalue weighted by atomic mass is 10.1. The van der Waals surface area contributed by atoms with Crippen LogP contribution in [0.2, 0.25) is 0 Å². The molecule has 0 aliphatic heterocycles. The van der Waals surface area contributed by atoms with Crippen molar-refractivity contribution in [3.8, 4) is 0 Å². The molecular formula is C18H25BrN2O4. The van der Waals surface area contributed by atoms with Crippen LogP contribution in [0.3, 0.4) is 0 Å². The third-order valence-electron chi connectivity index (χ3n) is 3.69. The Labute approximate surface area is 156 Å². The van der Waals surface area contributed by atoms with Gasteiger partial charge in [0, 0.05) is 17.4 Å². The third-order valence-corrected chi connectivity index (χ3v) is 4.46. The second-order valence-electron chi connectivity index (χ2n) is 5.82. The van der Waals surface area contributed by atoms with E-state index >= 15 is 0 Å². The Morgan fingerprint density at radius 3 is 2.56 bits per heavy atom. The summed E-state index contributed by atoms with van der Waals surface area (Å²) >= 11 is 3.38. The maximum absolute atomic E-state index is 12.2. The molecule has 2 amide bonds. The van der Waals surface area contributed by atoms with Crippen molar-refractivity contribution in [3.05, 3.63) is 34.3 Å². The average molecular weight is 413 g/mol. The number of aliphatic carboxylic acids is 1. The molecule has 0 spiro atoms. The Morgan fingerprint density at radius 2 is 1.92 bits per heavy atom. The van der Waals surface area contributed by atoms with Crippen LogP contribution in [0.1, 0.15) is 44.6 Å². The summed E-state index contributed by atoms with van der Waals surface area (Å²) in [6, 6.07) is 6.50. The molecule has 138 valence electrons. The number of carbonyl (C=O) groups excluding carboxylic acids is 2. The molecule has 0 bridgehead atoms. The van der Waals surface area contributed by atoms with E-state index in [0.717, 1.165) is 29.3 Å². The summed E-state index contributed by atoms with van der Waals surface area (Å²) in [6.07, 6.45) is 2.92. The Bertz CT molecular complexity index is 592. The van der Waals surface area contributed by atoms with E-state index in [2.05, 4.69) is 33.5 Å². The van der Waals surface area contributed by atoms with Gasteiger partial charge in [0.15, 0.2) is 0 Å². The van der Waals surface area contributed by atoms with Gasteiger partial charge in [-0.2, -0.15) is 0 Å². The number of carbonyl (C=O) groups is 3. The topological polar surface area (TPSA) is 95.5 Å². The van der Waals surface area contributed by atoms with Gasteiger partial charge in [0.05, 0.1) is 6.42 Å². The molecule has 0 saturated heterocycles. The molecule has 0 radical (unpaired) electrons. The normalized spacial score (nSPS) is 11.6. The molecule has 0 aromatic heterocycles. The third kappa shape index (κ3) is 8.67. The van der Waals surface area contributed by atoms with E-state index in [-0.39, 0.29) is 31.1 Å². The highest BCUT2D eigenvalue weighted by atomic mass is 79.9. The highest BCUT2D eigenvalue weighted by Crippen LogP contribution is 2.16. The molecule has 6 nitrogen and oxygen atoms in total. The number of hydrogen-bond donors (Lipinski definition) is 3.